The van der Waals surface area contributed by atoms with Crippen molar-refractivity contribution in [2.45, 2.75) is 18.9 Å². The van der Waals surface area contributed by atoms with E-state index in [4.69, 9.17) is 0 Å². The molecule has 0 amide bonds. The van der Waals surface area contributed by atoms with E-state index in [1.165, 1.54) is 29.0 Å². The van der Waals surface area contributed by atoms with Crippen LogP contribution in [0.3, 0.4) is 0 Å². The molecule has 16 heavy (non-hydrogen) atoms. The van der Waals surface area contributed by atoms with Crippen molar-refractivity contribution in [1.29, 1.82) is 0 Å². The Bertz CT molecular complexity index is 466. The van der Waals surface area contributed by atoms with Gasteiger partial charge in [-0.1, -0.05) is 6.07 Å². The van der Waals surface area contributed by atoms with E-state index >= 15 is 0 Å². The molecular weight excluding hydrogens is 218 g/mol. The average molecular weight is 233 g/mol. The molecule has 0 radical (unpaired) electrons. The Labute approximate surface area is 99.1 Å². The van der Waals surface area contributed by atoms with Crippen LogP contribution in [0.4, 0.5) is 0 Å². The summed E-state index contributed by atoms with van der Waals surface area (Å²) in [5, 5.41) is 10.2. The van der Waals surface area contributed by atoms with E-state index in [-0.39, 0.29) is 0 Å². The van der Waals surface area contributed by atoms with Gasteiger partial charge in [0.05, 0.1) is 11.7 Å². The van der Waals surface area contributed by atoms with Gasteiger partial charge in [-0.25, -0.2) is 0 Å². The van der Waals surface area contributed by atoms with Crippen LogP contribution in [0.5, 0.6) is 0 Å². The van der Waals surface area contributed by atoms with Crippen LogP contribution in [0.25, 0.3) is 10.4 Å². The smallest absolute Gasteiger partial charge is 0.0880 e. The predicted octanol–water partition coefficient (Wildman–Crippen LogP) is 2.57. The molecule has 0 aliphatic carbocycles. The molecule has 3 heterocycles. The first-order valence-corrected chi connectivity index (χ1v) is 6.53. The number of hydrogen-bond donors (Lipinski definition) is 1. The van der Waals surface area contributed by atoms with Gasteiger partial charge in [-0.15, -0.1) is 11.3 Å². The highest BCUT2D eigenvalue weighted by molar-refractivity contribution is 7.13. The van der Waals surface area contributed by atoms with Crippen molar-refractivity contribution in [2.24, 2.45) is 7.05 Å². The monoisotopic (exact) mass is 233 g/mol. The van der Waals surface area contributed by atoms with Crippen LogP contribution in [0.15, 0.2) is 23.7 Å². The number of rotatable bonds is 2. The lowest BCUT2D eigenvalue weighted by atomic mass is 10.1. The van der Waals surface area contributed by atoms with Crippen molar-refractivity contribution in [2.75, 3.05) is 6.54 Å². The Kier molecular flexibility index (Phi) is 2.53. The molecule has 1 aliphatic heterocycles. The summed E-state index contributed by atoms with van der Waals surface area (Å²) in [6, 6.07) is 4.71. The first-order chi connectivity index (χ1) is 7.84. The Morgan fingerprint density at radius 1 is 1.56 bits per heavy atom. The minimum atomic E-state index is 0.443. The maximum absolute atomic E-state index is 4.61. The zero-order valence-corrected chi connectivity index (χ0v) is 10.1. The minimum Gasteiger partial charge on any atom is -0.309 e. The van der Waals surface area contributed by atoms with Crippen molar-refractivity contribution in [3.63, 3.8) is 0 Å². The molecule has 1 fully saturated rings. The second-order valence-electron chi connectivity index (χ2n) is 4.23. The molecular formula is C12H15N3S. The highest BCUT2D eigenvalue weighted by atomic mass is 32.1. The Balaban J connectivity index is 2.03. The Morgan fingerprint density at radius 2 is 2.50 bits per heavy atom. The molecule has 0 saturated carbocycles. The molecule has 1 saturated heterocycles. The van der Waals surface area contributed by atoms with Gasteiger partial charge in [0.1, 0.15) is 0 Å². The van der Waals surface area contributed by atoms with Crippen LogP contribution < -0.4 is 5.32 Å². The van der Waals surface area contributed by atoms with Crippen molar-refractivity contribution < 1.29 is 0 Å². The van der Waals surface area contributed by atoms with Gasteiger partial charge in [0.25, 0.3) is 0 Å². The molecule has 1 unspecified atom stereocenters. The first-order valence-electron chi connectivity index (χ1n) is 5.65. The summed E-state index contributed by atoms with van der Waals surface area (Å²) in [4.78, 5) is 1.32. The molecule has 0 bridgehead atoms. The third-order valence-electron chi connectivity index (χ3n) is 3.03. The molecule has 0 spiro atoms. The second-order valence-corrected chi connectivity index (χ2v) is 5.18. The fourth-order valence-corrected chi connectivity index (χ4v) is 3.05. The van der Waals surface area contributed by atoms with Gasteiger partial charge in [0.15, 0.2) is 0 Å². The molecule has 2 aromatic heterocycles. The fourth-order valence-electron chi connectivity index (χ4n) is 2.30. The number of aryl methyl sites for hydroxylation is 1. The van der Waals surface area contributed by atoms with E-state index in [1.54, 1.807) is 11.3 Å². The summed E-state index contributed by atoms with van der Waals surface area (Å²) in [5.74, 6) is 0. The quantitative estimate of drug-likeness (QED) is 0.864. The fraction of sp³-hybridized carbons (Fsp3) is 0.417. The van der Waals surface area contributed by atoms with Crippen LogP contribution in [0.1, 0.15) is 24.6 Å². The normalized spacial score (nSPS) is 20.4. The summed E-state index contributed by atoms with van der Waals surface area (Å²) in [7, 11) is 2.00. The van der Waals surface area contributed by atoms with Crippen molar-refractivity contribution in [3.05, 3.63) is 29.4 Å². The van der Waals surface area contributed by atoms with Gasteiger partial charge in [-0.05, 0) is 30.8 Å². The molecule has 4 heteroatoms. The number of nitrogens with one attached hydrogen (secondary N) is 1. The summed E-state index contributed by atoms with van der Waals surface area (Å²) in [6.07, 6.45) is 4.58. The van der Waals surface area contributed by atoms with E-state index < -0.39 is 0 Å². The standard InChI is InChI=1S/C12H15N3S/c1-15-8-9(11-5-3-7-16-11)12(14-15)10-4-2-6-13-10/h3,5,7-8,10,13H,2,4,6H2,1H3. The lowest BCUT2D eigenvalue weighted by Crippen LogP contribution is -2.14. The Hall–Kier alpha value is -1.13. The lowest BCUT2D eigenvalue weighted by Gasteiger charge is -2.08. The molecule has 1 N–H and O–H groups in total. The summed E-state index contributed by atoms with van der Waals surface area (Å²) >= 11 is 1.78. The number of nitrogens with zero attached hydrogens (tertiary/aromatic N) is 2. The van der Waals surface area contributed by atoms with E-state index in [9.17, 15) is 0 Å². The van der Waals surface area contributed by atoms with Gasteiger partial charge in [0, 0.05) is 23.7 Å². The van der Waals surface area contributed by atoms with Gasteiger partial charge >= 0.3 is 0 Å². The van der Waals surface area contributed by atoms with E-state index in [0.29, 0.717) is 6.04 Å². The summed E-state index contributed by atoms with van der Waals surface area (Å²) in [6.45, 7) is 1.12. The second kappa shape index (κ2) is 4.03. The molecule has 3 rings (SSSR count). The molecule has 1 aliphatic rings. The summed E-state index contributed by atoms with van der Waals surface area (Å²) in [5.41, 5.74) is 2.50. The van der Waals surface area contributed by atoms with Crippen molar-refractivity contribution in [3.8, 4) is 10.4 Å². The molecule has 84 valence electrons. The van der Waals surface area contributed by atoms with Gasteiger partial charge in [-0.3, -0.25) is 4.68 Å². The van der Waals surface area contributed by atoms with Crippen molar-refractivity contribution in [1.82, 2.24) is 15.1 Å². The number of hydrogen-bond acceptors (Lipinski definition) is 3. The van der Waals surface area contributed by atoms with E-state index in [0.717, 1.165) is 6.54 Å². The SMILES string of the molecule is Cn1cc(-c2cccs2)c(C2CCCN2)n1. The summed E-state index contributed by atoms with van der Waals surface area (Å²) < 4.78 is 1.92. The zero-order chi connectivity index (χ0) is 11.0. The number of thiophene rings is 1. The highest BCUT2D eigenvalue weighted by Gasteiger charge is 2.23. The average Bonchev–Trinajstić information content (AvgIpc) is 2.98. The predicted molar refractivity (Wildman–Crippen MR) is 66.5 cm³/mol. The first kappa shape index (κ1) is 10.1. The maximum Gasteiger partial charge on any atom is 0.0880 e. The van der Waals surface area contributed by atoms with Gasteiger partial charge < -0.3 is 5.32 Å². The Morgan fingerprint density at radius 3 is 3.19 bits per heavy atom. The van der Waals surface area contributed by atoms with Crippen LogP contribution in [-0.4, -0.2) is 16.3 Å². The number of aromatic nitrogens is 2. The lowest BCUT2D eigenvalue weighted by molar-refractivity contribution is 0.608. The van der Waals surface area contributed by atoms with Crippen LogP contribution in [-0.2, 0) is 7.05 Å². The molecule has 2 aromatic rings. The molecule has 1 atom stereocenters. The van der Waals surface area contributed by atoms with E-state index in [2.05, 4.69) is 34.1 Å². The van der Waals surface area contributed by atoms with Crippen LogP contribution in [0.2, 0.25) is 0 Å². The molecule has 3 nitrogen and oxygen atoms in total. The maximum atomic E-state index is 4.61. The topological polar surface area (TPSA) is 29.9 Å². The van der Waals surface area contributed by atoms with Crippen LogP contribution in [0, 0.1) is 0 Å². The van der Waals surface area contributed by atoms with E-state index in [1.807, 2.05) is 11.7 Å². The minimum absolute atomic E-state index is 0.443. The largest absolute Gasteiger partial charge is 0.309 e. The zero-order valence-electron chi connectivity index (χ0n) is 9.31. The van der Waals surface area contributed by atoms with Gasteiger partial charge in [-0.2, -0.15) is 5.10 Å². The van der Waals surface area contributed by atoms with Gasteiger partial charge in [0.2, 0.25) is 0 Å². The highest BCUT2D eigenvalue weighted by Crippen LogP contribution is 2.33. The van der Waals surface area contributed by atoms with Crippen molar-refractivity contribution >= 4 is 11.3 Å². The third kappa shape index (κ3) is 1.68. The van der Waals surface area contributed by atoms with Crippen LogP contribution >= 0.6 is 11.3 Å². The molecule has 0 aromatic carbocycles. The third-order valence-corrected chi connectivity index (χ3v) is 3.94.